The highest BCUT2D eigenvalue weighted by Gasteiger charge is 2.22. The van der Waals surface area contributed by atoms with Gasteiger partial charge in [0, 0.05) is 29.9 Å². The monoisotopic (exact) mass is 559 g/mol. The van der Waals surface area contributed by atoms with Crippen LogP contribution >= 0.6 is 11.6 Å². The van der Waals surface area contributed by atoms with Gasteiger partial charge in [0.05, 0.1) is 42.9 Å². The number of carbonyl (C=O) groups excluding carboxylic acids is 2. The number of hydrogen-bond acceptors (Lipinski definition) is 7. The molecule has 0 saturated carbocycles. The van der Waals surface area contributed by atoms with Crippen molar-refractivity contribution in [3.63, 3.8) is 0 Å². The highest BCUT2D eigenvalue weighted by molar-refractivity contribution is 6.31. The topological polar surface area (TPSA) is 109 Å². The van der Waals surface area contributed by atoms with Crippen molar-refractivity contribution in [1.29, 1.82) is 0 Å². The number of ether oxygens (including phenoxy) is 1. The number of aromatic nitrogens is 1. The molecular weight excluding hydrogens is 537 g/mol. The lowest BCUT2D eigenvalue weighted by Gasteiger charge is -2.16. The van der Waals surface area contributed by atoms with Gasteiger partial charge in [0.2, 0.25) is 0 Å². The third-order valence-corrected chi connectivity index (χ3v) is 5.77. The van der Waals surface area contributed by atoms with Gasteiger partial charge in [-0.3, -0.25) is 14.6 Å². The first-order chi connectivity index (χ1) is 19.3. The van der Waals surface area contributed by atoms with E-state index in [1.165, 1.54) is 49.9 Å². The van der Waals surface area contributed by atoms with Crippen LogP contribution in [0.25, 0.3) is 0 Å². The second kappa shape index (κ2) is 12.6. The number of hydrogen-bond donors (Lipinski definition) is 2. The molecule has 0 atom stereocenters. The van der Waals surface area contributed by atoms with E-state index in [2.05, 4.69) is 26.6 Å². The summed E-state index contributed by atoms with van der Waals surface area (Å²) in [6, 6.07) is 13.5. The van der Waals surface area contributed by atoms with Crippen LogP contribution < -0.4 is 15.4 Å². The van der Waals surface area contributed by atoms with Crippen molar-refractivity contribution in [3.05, 3.63) is 106 Å². The van der Waals surface area contributed by atoms with E-state index in [-0.39, 0.29) is 33.4 Å². The molecule has 0 spiro atoms. The average Bonchev–Trinajstić information content (AvgIpc) is 3.45. The Bertz CT molecular complexity index is 1600. The fourth-order valence-corrected chi connectivity index (χ4v) is 3.81. The zero-order valence-electron chi connectivity index (χ0n) is 21.4. The molecule has 9 nitrogen and oxygen atoms in total. The Balaban J connectivity index is 1.53. The molecule has 0 fully saturated rings. The molecule has 4 rings (SSSR count). The minimum Gasteiger partial charge on any atom is -0.494 e. The van der Waals surface area contributed by atoms with Crippen LogP contribution in [0.4, 0.5) is 15.9 Å². The van der Waals surface area contributed by atoms with Gasteiger partial charge in [0.1, 0.15) is 23.1 Å². The molecule has 4 aromatic rings. The molecule has 0 unspecified atom stereocenters. The van der Waals surface area contributed by atoms with E-state index in [1.54, 1.807) is 36.5 Å². The molecule has 0 saturated heterocycles. The molecule has 0 aliphatic heterocycles. The smallest absolute Gasteiger partial charge is 0.259 e. The van der Waals surface area contributed by atoms with E-state index in [0.717, 1.165) is 5.76 Å². The molecule has 11 heteroatoms. The highest BCUT2D eigenvalue weighted by Crippen LogP contribution is 2.33. The van der Waals surface area contributed by atoms with E-state index in [0.29, 0.717) is 17.7 Å². The normalized spacial score (nSPS) is 10.7. The van der Waals surface area contributed by atoms with Gasteiger partial charge in [-0.1, -0.05) is 23.6 Å². The number of methoxy groups -OCH3 is 1. The Morgan fingerprint density at radius 1 is 1.18 bits per heavy atom. The van der Waals surface area contributed by atoms with Crippen molar-refractivity contribution in [2.24, 2.45) is 5.10 Å². The molecule has 0 radical (unpaired) electrons. The van der Waals surface area contributed by atoms with Crippen LogP contribution in [0.5, 0.6) is 5.75 Å². The fourth-order valence-electron chi connectivity index (χ4n) is 3.60. The molecule has 202 valence electrons. The number of amides is 2. The van der Waals surface area contributed by atoms with Crippen LogP contribution in [0.15, 0.2) is 76.6 Å². The Labute approximate surface area is 234 Å². The number of furan rings is 1. The number of hydrazone groups is 1. The minimum atomic E-state index is -0.804. The van der Waals surface area contributed by atoms with Gasteiger partial charge in [-0.2, -0.15) is 5.10 Å². The molecule has 2 aromatic heterocycles. The van der Waals surface area contributed by atoms with Crippen molar-refractivity contribution in [2.75, 3.05) is 24.8 Å². The number of halogens is 2. The van der Waals surface area contributed by atoms with Crippen molar-refractivity contribution >= 4 is 41.1 Å². The maximum absolute atomic E-state index is 15.0. The van der Waals surface area contributed by atoms with Crippen LogP contribution in [-0.2, 0) is 6.54 Å². The molecule has 40 heavy (non-hydrogen) atoms. The van der Waals surface area contributed by atoms with Gasteiger partial charge in [-0.15, -0.1) is 6.42 Å². The standard InChI is InChI=1S/C29H23ClFN5O4/c1-4-18-8-10-26(32-15-18)34-29(38)23-13-20(30)14-25(39-3)27(23)35-28(37)22-9-7-19(12-24(22)31)16-33-36(2)17-21-6-5-11-40-21/h1,5-16H,17H2,2-3H3,(H,35,37)(H,32,34,38). The van der Waals surface area contributed by atoms with E-state index in [1.807, 2.05) is 6.07 Å². The Morgan fingerprint density at radius 3 is 2.62 bits per heavy atom. The molecule has 2 amide bonds. The third kappa shape index (κ3) is 6.83. The van der Waals surface area contributed by atoms with Crippen LogP contribution in [-0.4, -0.2) is 42.2 Å². The minimum absolute atomic E-state index is 0.000708. The first-order valence-corrected chi connectivity index (χ1v) is 12.1. The van der Waals surface area contributed by atoms with E-state index < -0.39 is 17.6 Å². The molecular formula is C29H23ClFN5O4. The summed E-state index contributed by atoms with van der Waals surface area (Å²) in [7, 11) is 3.09. The van der Waals surface area contributed by atoms with Crippen LogP contribution in [0.3, 0.4) is 0 Å². The molecule has 2 heterocycles. The van der Waals surface area contributed by atoms with Crippen molar-refractivity contribution < 1.29 is 23.1 Å². The summed E-state index contributed by atoms with van der Waals surface area (Å²) in [6.07, 6.45) is 9.79. The summed E-state index contributed by atoms with van der Waals surface area (Å²) in [4.78, 5) is 30.3. The molecule has 0 aliphatic carbocycles. The maximum atomic E-state index is 15.0. The van der Waals surface area contributed by atoms with Gasteiger partial charge in [-0.25, -0.2) is 9.37 Å². The van der Waals surface area contributed by atoms with E-state index in [4.69, 9.17) is 27.2 Å². The van der Waals surface area contributed by atoms with Gasteiger partial charge >= 0.3 is 0 Å². The summed E-state index contributed by atoms with van der Waals surface area (Å²) in [5.41, 5.74) is 0.697. The van der Waals surface area contributed by atoms with Crippen molar-refractivity contribution in [2.45, 2.75) is 6.54 Å². The van der Waals surface area contributed by atoms with Crippen LogP contribution in [0.2, 0.25) is 5.02 Å². The number of anilines is 2. The maximum Gasteiger partial charge on any atom is 0.259 e. The van der Waals surface area contributed by atoms with Gasteiger partial charge < -0.3 is 19.8 Å². The zero-order chi connectivity index (χ0) is 28.6. The number of terminal acetylenes is 1. The average molecular weight is 560 g/mol. The quantitative estimate of drug-likeness (QED) is 0.161. The van der Waals surface area contributed by atoms with Gasteiger partial charge in [-0.05, 0) is 48.0 Å². The molecule has 2 aromatic carbocycles. The number of rotatable bonds is 9. The predicted octanol–water partition coefficient (Wildman–Crippen LogP) is 5.43. The van der Waals surface area contributed by atoms with Crippen LogP contribution in [0, 0.1) is 18.2 Å². The van der Waals surface area contributed by atoms with Crippen molar-refractivity contribution in [3.8, 4) is 18.1 Å². The number of nitrogens with zero attached hydrogens (tertiary/aromatic N) is 3. The highest BCUT2D eigenvalue weighted by atomic mass is 35.5. The van der Waals surface area contributed by atoms with Crippen LogP contribution in [0.1, 0.15) is 37.6 Å². The number of carbonyl (C=O) groups is 2. The predicted molar refractivity (Wildman–Crippen MR) is 150 cm³/mol. The van der Waals surface area contributed by atoms with Gasteiger partial charge in [0.15, 0.2) is 0 Å². The van der Waals surface area contributed by atoms with Crippen molar-refractivity contribution in [1.82, 2.24) is 9.99 Å². The lowest BCUT2D eigenvalue weighted by molar-refractivity contribution is 0.102. The lowest BCUT2D eigenvalue weighted by atomic mass is 10.1. The Kier molecular flexibility index (Phi) is 8.79. The summed E-state index contributed by atoms with van der Waals surface area (Å²) in [5.74, 6) is 1.26. The first-order valence-electron chi connectivity index (χ1n) is 11.8. The fraction of sp³-hybridized carbons (Fsp3) is 0.103. The second-order valence-corrected chi connectivity index (χ2v) is 8.83. The van der Waals surface area contributed by atoms with E-state index >= 15 is 0 Å². The number of nitrogens with one attached hydrogen (secondary N) is 2. The molecule has 0 aliphatic rings. The SMILES string of the molecule is C#Cc1ccc(NC(=O)c2cc(Cl)cc(OC)c2NC(=O)c2ccc(C=NN(C)Cc3ccco3)cc2F)nc1. The van der Waals surface area contributed by atoms with E-state index in [9.17, 15) is 14.0 Å². The Hall–Kier alpha value is -5.14. The largest absolute Gasteiger partial charge is 0.494 e. The molecule has 0 bridgehead atoms. The zero-order valence-corrected chi connectivity index (χ0v) is 22.2. The number of pyridine rings is 1. The number of benzene rings is 2. The third-order valence-electron chi connectivity index (χ3n) is 5.55. The summed E-state index contributed by atoms with van der Waals surface area (Å²) in [6.45, 7) is 0.428. The molecule has 2 N–H and O–H groups in total. The summed E-state index contributed by atoms with van der Waals surface area (Å²) >= 11 is 6.18. The summed E-state index contributed by atoms with van der Waals surface area (Å²) in [5, 5.41) is 11.2. The Morgan fingerprint density at radius 2 is 1.98 bits per heavy atom. The lowest BCUT2D eigenvalue weighted by Crippen LogP contribution is -2.20. The summed E-state index contributed by atoms with van der Waals surface area (Å²) < 4.78 is 25.6. The van der Waals surface area contributed by atoms with Gasteiger partial charge in [0.25, 0.3) is 11.8 Å². The second-order valence-electron chi connectivity index (χ2n) is 8.39. The first kappa shape index (κ1) is 27.9.